The van der Waals surface area contributed by atoms with Crippen LogP contribution in [0.25, 0.3) is 19.5 Å². The molecule has 0 N–H and O–H groups in total. The van der Waals surface area contributed by atoms with E-state index in [1.165, 1.54) is 64.2 Å². The summed E-state index contributed by atoms with van der Waals surface area (Å²) in [5, 5.41) is 9.13. The zero-order valence-corrected chi connectivity index (χ0v) is 21.6. The third-order valence-corrected chi connectivity index (χ3v) is 12.5. The van der Waals surface area contributed by atoms with Gasteiger partial charge in [-0.3, -0.25) is 0 Å². The Balaban J connectivity index is 0.000000113. The van der Waals surface area contributed by atoms with Crippen molar-refractivity contribution in [1.29, 1.82) is 0 Å². The Bertz CT molecular complexity index is 1070. The summed E-state index contributed by atoms with van der Waals surface area (Å²) in [4.78, 5) is 6.30. The van der Waals surface area contributed by atoms with Gasteiger partial charge in [-0.15, -0.1) is 45.3 Å². The summed E-state index contributed by atoms with van der Waals surface area (Å²) in [5.41, 5.74) is 7.45. The van der Waals surface area contributed by atoms with Gasteiger partial charge in [0.2, 0.25) is 0 Å². The van der Waals surface area contributed by atoms with Crippen LogP contribution in [0.1, 0.15) is 86.5 Å². The number of rotatable bonds is 0. The molecule has 4 heterocycles. The Hall–Kier alpha value is -1.20. The van der Waals surface area contributed by atoms with Crippen molar-refractivity contribution in [2.75, 3.05) is 0 Å². The largest absolute Gasteiger partial charge is 0.143 e. The fourth-order valence-electron chi connectivity index (χ4n) is 7.13. The molecule has 4 aliphatic rings. The van der Waals surface area contributed by atoms with Crippen LogP contribution in [0.2, 0.25) is 0 Å². The third kappa shape index (κ3) is 2.70. The summed E-state index contributed by atoms with van der Waals surface area (Å²) < 4.78 is 0. The minimum atomic E-state index is 0.420. The van der Waals surface area contributed by atoms with Crippen LogP contribution in [0.3, 0.4) is 0 Å². The van der Waals surface area contributed by atoms with Gasteiger partial charge in [-0.1, -0.05) is 38.5 Å². The number of thiophene rings is 4. The van der Waals surface area contributed by atoms with E-state index >= 15 is 0 Å². The van der Waals surface area contributed by atoms with E-state index in [9.17, 15) is 0 Å². The van der Waals surface area contributed by atoms with Gasteiger partial charge >= 0.3 is 0 Å². The summed E-state index contributed by atoms with van der Waals surface area (Å²) in [6.07, 6.45) is 14.0. The van der Waals surface area contributed by atoms with Gasteiger partial charge in [0.15, 0.2) is 0 Å². The molecule has 2 saturated carbocycles. The molecule has 0 aromatic carbocycles. The first-order valence-corrected chi connectivity index (χ1v) is 15.7. The second-order valence-corrected chi connectivity index (χ2v) is 13.6. The fraction of sp³-hybridized carbons (Fsp3) is 0.429. The van der Waals surface area contributed by atoms with Crippen molar-refractivity contribution in [3.05, 3.63) is 68.0 Å². The van der Waals surface area contributed by atoms with Crippen LogP contribution in [0.5, 0.6) is 0 Å². The van der Waals surface area contributed by atoms with Crippen molar-refractivity contribution in [3.8, 4) is 19.5 Å². The van der Waals surface area contributed by atoms with E-state index in [0.29, 0.717) is 10.8 Å². The molecule has 4 aromatic rings. The normalized spacial score (nSPS) is 21.0. The molecule has 0 radical (unpaired) electrons. The molecule has 0 amide bonds. The van der Waals surface area contributed by atoms with Gasteiger partial charge in [0.25, 0.3) is 0 Å². The Morgan fingerprint density at radius 1 is 0.406 bits per heavy atom. The van der Waals surface area contributed by atoms with Gasteiger partial charge < -0.3 is 0 Å². The monoisotopic (exact) mass is 492 g/mol. The zero-order chi connectivity index (χ0) is 21.2. The highest BCUT2D eigenvalue weighted by molar-refractivity contribution is 7.21. The summed E-state index contributed by atoms with van der Waals surface area (Å²) in [7, 11) is 0. The lowest BCUT2D eigenvalue weighted by molar-refractivity contribution is 0.353. The van der Waals surface area contributed by atoms with Crippen molar-refractivity contribution in [1.82, 2.24) is 0 Å². The van der Waals surface area contributed by atoms with Crippen molar-refractivity contribution >= 4 is 45.3 Å². The molecule has 2 spiro atoms. The predicted octanol–water partition coefficient (Wildman–Crippen LogP) is 10.1. The Labute approximate surface area is 207 Å². The molecular weight excluding hydrogens is 465 g/mol. The topological polar surface area (TPSA) is 0 Å². The first kappa shape index (κ1) is 20.2. The van der Waals surface area contributed by atoms with E-state index in [1.54, 1.807) is 41.8 Å². The lowest BCUT2D eigenvalue weighted by Gasteiger charge is -2.34. The number of hydrogen-bond donors (Lipinski definition) is 0. The molecule has 4 heteroatoms. The lowest BCUT2D eigenvalue weighted by Crippen LogP contribution is -2.27. The standard InChI is InChI=1S/2C14H14S2/c2*1-2-6-14(7-3-1)10-4-8-15-12(10)13-11(14)5-9-16-13/h2*4-5,8-9H,1-3,6-7H2. The highest BCUT2D eigenvalue weighted by Gasteiger charge is 2.46. The van der Waals surface area contributed by atoms with Gasteiger partial charge in [-0.25, -0.2) is 0 Å². The van der Waals surface area contributed by atoms with Crippen LogP contribution in [-0.4, -0.2) is 0 Å². The van der Waals surface area contributed by atoms with Crippen molar-refractivity contribution in [2.45, 2.75) is 75.0 Å². The van der Waals surface area contributed by atoms with Gasteiger partial charge in [-0.05, 0) is 93.7 Å². The second kappa shape index (κ2) is 7.66. The second-order valence-electron chi connectivity index (χ2n) is 9.94. The van der Waals surface area contributed by atoms with E-state index in [1.807, 2.05) is 45.3 Å². The third-order valence-electron chi connectivity index (χ3n) is 8.55. The fourth-order valence-corrected chi connectivity index (χ4v) is 11.5. The van der Waals surface area contributed by atoms with E-state index in [4.69, 9.17) is 0 Å². The molecule has 0 aliphatic heterocycles. The van der Waals surface area contributed by atoms with Crippen LogP contribution >= 0.6 is 45.3 Å². The number of hydrogen-bond acceptors (Lipinski definition) is 4. The Morgan fingerprint density at radius 3 is 0.969 bits per heavy atom. The SMILES string of the molecule is c1cc2c(s1)-c1sccc1C21CCCCC1.c1cc2c(s1)-c1sccc1C21CCCCC1. The molecule has 4 aromatic heterocycles. The van der Waals surface area contributed by atoms with Crippen molar-refractivity contribution in [3.63, 3.8) is 0 Å². The smallest absolute Gasteiger partial charge is 0.0486 e. The molecule has 8 rings (SSSR count). The quantitative estimate of drug-likeness (QED) is 0.229. The summed E-state index contributed by atoms with van der Waals surface area (Å²) in [6.45, 7) is 0. The minimum absolute atomic E-state index is 0.420. The highest BCUT2D eigenvalue weighted by Crippen LogP contribution is 2.60. The molecule has 0 saturated heterocycles. The minimum Gasteiger partial charge on any atom is -0.143 e. The lowest BCUT2D eigenvalue weighted by atomic mass is 9.69. The van der Waals surface area contributed by atoms with E-state index in [-0.39, 0.29) is 0 Å². The van der Waals surface area contributed by atoms with Crippen molar-refractivity contribution < 1.29 is 0 Å². The maximum atomic E-state index is 2.39. The van der Waals surface area contributed by atoms with Crippen LogP contribution < -0.4 is 0 Å². The Kier molecular flexibility index (Phi) is 4.84. The molecule has 0 atom stereocenters. The van der Waals surface area contributed by atoms with Gasteiger partial charge in [0.1, 0.15) is 0 Å². The van der Waals surface area contributed by atoms with Gasteiger partial charge in [0.05, 0.1) is 0 Å². The van der Waals surface area contributed by atoms with E-state index in [2.05, 4.69) is 45.8 Å². The molecule has 32 heavy (non-hydrogen) atoms. The average Bonchev–Trinajstić information content (AvgIpc) is 3.66. The molecule has 2 fully saturated rings. The van der Waals surface area contributed by atoms with Crippen LogP contribution in [-0.2, 0) is 10.8 Å². The zero-order valence-electron chi connectivity index (χ0n) is 18.3. The van der Waals surface area contributed by atoms with Crippen LogP contribution in [0.15, 0.2) is 45.8 Å². The first-order valence-electron chi connectivity index (χ1n) is 12.2. The first-order chi connectivity index (χ1) is 15.8. The molecule has 4 aliphatic carbocycles. The Morgan fingerprint density at radius 2 is 0.688 bits per heavy atom. The van der Waals surface area contributed by atoms with Crippen LogP contribution in [0, 0.1) is 0 Å². The van der Waals surface area contributed by atoms with Gasteiger partial charge in [-0.2, -0.15) is 0 Å². The summed E-state index contributed by atoms with van der Waals surface area (Å²) in [6, 6.07) is 9.55. The average molecular weight is 493 g/mol. The molecular formula is C28H28S4. The van der Waals surface area contributed by atoms with E-state index < -0.39 is 0 Å². The maximum absolute atomic E-state index is 2.39. The molecule has 0 unspecified atom stereocenters. The van der Waals surface area contributed by atoms with Crippen molar-refractivity contribution in [2.24, 2.45) is 0 Å². The maximum Gasteiger partial charge on any atom is 0.0486 e. The highest BCUT2D eigenvalue weighted by atomic mass is 32.1. The summed E-state index contributed by atoms with van der Waals surface area (Å²) >= 11 is 7.75. The van der Waals surface area contributed by atoms with Gasteiger partial charge in [0, 0.05) is 30.3 Å². The van der Waals surface area contributed by atoms with E-state index in [0.717, 1.165) is 0 Å². The molecule has 0 nitrogen and oxygen atoms in total. The molecule has 164 valence electrons. The number of fused-ring (bicyclic) bond motifs is 10. The van der Waals surface area contributed by atoms with Crippen LogP contribution in [0.4, 0.5) is 0 Å². The predicted molar refractivity (Wildman–Crippen MR) is 143 cm³/mol. The summed E-state index contributed by atoms with van der Waals surface area (Å²) in [5.74, 6) is 0. The molecule has 0 bridgehead atoms.